The van der Waals surface area contributed by atoms with Crippen molar-refractivity contribution in [3.63, 3.8) is 0 Å². The number of hydrogen-bond donors (Lipinski definition) is 2. The Labute approximate surface area is 99.4 Å². The number of nitrogens with zero attached hydrogens (tertiary/aromatic N) is 1. The number of rotatable bonds is 1. The number of nitrogens with one attached hydrogen (secondary N) is 2. The van der Waals surface area contributed by atoms with Crippen molar-refractivity contribution in [3.8, 4) is 0 Å². The summed E-state index contributed by atoms with van der Waals surface area (Å²) in [5.41, 5.74) is 0.0321. The standard InChI is InChI=1S/C13H17N3O/c17-13-15-11-4-2-1-3-5-12(11)16(13)10-6-8-14-9-7-10/h1,3-5,10,14H,2,6-9H2,(H,15,17). The Kier molecular flexibility index (Phi) is 2.73. The highest BCUT2D eigenvalue weighted by Crippen LogP contribution is 2.13. The molecule has 1 aromatic rings. The Hall–Kier alpha value is -1.55. The number of piperidine rings is 1. The monoisotopic (exact) mass is 231 g/mol. The molecule has 1 fully saturated rings. The maximum absolute atomic E-state index is 12.0. The molecule has 0 saturated carbocycles. The van der Waals surface area contributed by atoms with Crippen molar-refractivity contribution in [2.45, 2.75) is 25.3 Å². The topological polar surface area (TPSA) is 49.8 Å². The van der Waals surface area contributed by atoms with Crippen LogP contribution in [-0.4, -0.2) is 22.6 Å². The summed E-state index contributed by atoms with van der Waals surface area (Å²) in [5.74, 6) is 0. The van der Waals surface area contributed by atoms with E-state index in [4.69, 9.17) is 0 Å². The van der Waals surface area contributed by atoms with E-state index in [1.165, 1.54) is 0 Å². The molecule has 17 heavy (non-hydrogen) atoms. The molecule has 0 radical (unpaired) electrons. The molecule has 0 amide bonds. The molecule has 1 aromatic heterocycles. The molecular weight excluding hydrogens is 214 g/mol. The van der Waals surface area contributed by atoms with E-state index in [1.807, 2.05) is 16.7 Å². The van der Waals surface area contributed by atoms with Crippen molar-refractivity contribution in [2.75, 3.05) is 13.1 Å². The molecule has 4 nitrogen and oxygen atoms in total. The molecule has 0 bridgehead atoms. The van der Waals surface area contributed by atoms with Gasteiger partial charge in [0.15, 0.2) is 0 Å². The summed E-state index contributed by atoms with van der Waals surface area (Å²) in [5, 5.41) is 5.34. The van der Waals surface area contributed by atoms with Gasteiger partial charge < -0.3 is 10.3 Å². The van der Waals surface area contributed by atoms with Gasteiger partial charge >= 0.3 is 5.69 Å². The van der Waals surface area contributed by atoms with Crippen LogP contribution in [0.2, 0.25) is 0 Å². The zero-order valence-corrected chi connectivity index (χ0v) is 9.78. The number of hydrogen-bond acceptors (Lipinski definition) is 2. The maximum Gasteiger partial charge on any atom is 0.326 e. The van der Waals surface area contributed by atoms with E-state index in [9.17, 15) is 4.79 Å². The SMILES string of the molecule is O=c1[nH]c2c(n1C1CCNCC1)=CC=CCC=2. The fourth-order valence-corrected chi connectivity index (χ4v) is 2.66. The first-order valence-electron chi connectivity index (χ1n) is 6.24. The molecule has 2 heterocycles. The van der Waals surface area contributed by atoms with Crippen molar-refractivity contribution < 1.29 is 0 Å². The molecule has 3 rings (SSSR count). The average molecular weight is 231 g/mol. The first-order chi connectivity index (χ1) is 8.36. The second-order valence-corrected chi connectivity index (χ2v) is 4.61. The van der Waals surface area contributed by atoms with E-state index in [2.05, 4.69) is 22.5 Å². The van der Waals surface area contributed by atoms with Gasteiger partial charge in [-0.3, -0.25) is 4.57 Å². The zero-order chi connectivity index (χ0) is 11.7. The minimum absolute atomic E-state index is 0.0321. The van der Waals surface area contributed by atoms with Gasteiger partial charge in [0, 0.05) is 6.04 Å². The van der Waals surface area contributed by atoms with Gasteiger partial charge in [-0.25, -0.2) is 4.79 Å². The van der Waals surface area contributed by atoms with Gasteiger partial charge in [-0.1, -0.05) is 18.2 Å². The highest BCUT2D eigenvalue weighted by molar-refractivity contribution is 5.41. The number of allylic oxidation sites excluding steroid dienone is 2. The third-order valence-electron chi connectivity index (χ3n) is 3.52. The number of aromatic amines is 1. The average Bonchev–Trinajstić information content (AvgIpc) is 2.52. The van der Waals surface area contributed by atoms with Crippen LogP contribution in [-0.2, 0) is 0 Å². The summed E-state index contributed by atoms with van der Waals surface area (Å²) in [6, 6.07) is 0.333. The molecule has 1 aliphatic carbocycles. The summed E-state index contributed by atoms with van der Waals surface area (Å²) in [4.78, 5) is 15.0. The van der Waals surface area contributed by atoms with E-state index >= 15 is 0 Å². The third-order valence-corrected chi connectivity index (χ3v) is 3.52. The Morgan fingerprint density at radius 3 is 2.94 bits per heavy atom. The number of H-pyrrole nitrogens is 1. The lowest BCUT2D eigenvalue weighted by molar-refractivity contribution is 0.356. The predicted molar refractivity (Wildman–Crippen MR) is 68.1 cm³/mol. The van der Waals surface area contributed by atoms with Crippen LogP contribution in [0.3, 0.4) is 0 Å². The van der Waals surface area contributed by atoms with Crippen LogP contribution in [0, 0.1) is 0 Å². The summed E-state index contributed by atoms with van der Waals surface area (Å²) >= 11 is 0. The molecular formula is C13H17N3O. The summed E-state index contributed by atoms with van der Waals surface area (Å²) in [6.45, 7) is 1.99. The number of aromatic nitrogens is 2. The molecule has 2 N–H and O–H groups in total. The first kappa shape index (κ1) is 10.6. The lowest BCUT2D eigenvalue weighted by atomic mass is 10.1. The minimum atomic E-state index is 0.0321. The smallest absolute Gasteiger partial charge is 0.317 e. The lowest BCUT2D eigenvalue weighted by Gasteiger charge is -2.23. The van der Waals surface area contributed by atoms with Crippen LogP contribution >= 0.6 is 0 Å². The van der Waals surface area contributed by atoms with Crippen molar-refractivity contribution in [1.29, 1.82) is 0 Å². The van der Waals surface area contributed by atoms with Gasteiger partial charge in [0.25, 0.3) is 0 Å². The van der Waals surface area contributed by atoms with Crippen molar-refractivity contribution in [2.24, 2.45) is 0 Å². The molecule has 0 atom stereocenters. The van der Waals surface area contributed by atoms with Gasteiger partial charge in [0.1, 0.15) is 0 Å². The van der Waals surface area contributed by atoms with Crippen molar-refractivity contribution >= 4 is 12.2 Å². The third kappa shape index (κ3) is 1.89. The van der Waals surface area contributed by atoms with Crippen LogP contribution in [0.4, 0.5) is 0 Å². The van der Waals surface area contributed by atoms with Crippen LogP contribution in [0.5, 0.6) is 0 Å². The lowest BCUT2D eigenvalue weighted by Crippen LogP contribution is -2.39. The number of imidazole rings is 1. The first-order valence-corrected chi connectivity index (χ1v) is 6.24. The largest absolute Gasteiger partial charge is 0.326 e. The van der Waals surface area contributed by atoms with Crippen LogP contribution in [0.25, 0.3) is 12.2 Å². The van der Waals surface area contributed by atoms with E-state index in [0.29, 0.717) is 6.04 Å². The fourth-order valence-electron chi connectivity index (χ4n) is 2.66. The van der Waals surface area contributed by atoms with Gasteiger partial charge in [-0.15, -0.1) is 0 Å². The quantitative estimate of drug-likeness (QED) is 0.692. The molecule has 0 spiro atoms. The van der Waals surface area contributed by atoms with E-state index in [0.717, 1.165) is 43.1 Å². The molecule has 2 aliphatic rings. The minimum Gasteiger partial charge on any atom is -0.317 e. The Morgan fingerprint density at radius 1 is 1.29 bits per heavy atom. The Balaban J connectivity index is 2.16. The molecule has 4 heteroatoms. The van der Waals surface area contributed by atoms with Gasteiger partial charge in [0.2, 0.25) is 0 Å². The van der Waals surface area contributed by atoms with Crippen LogP contribution in [0.1, 0.15) is 25.3 Å². The zero-order valence-electron chi connectivity index (χ0n) is 9.78. The van der Waals surface area contributed by atoms with E-state index < -0.39 is 0 Å². The molecule has 90 valence electrons. The molecule has 1 saturated heterocycles. The highest BCUT2D eigenvalue weighted by atomic mass is 16.1. The van der Waals surface area contributed by atoms with Crippen LogP contribution in [0.15, 0.2) is 16.9 Å². The predicted octanol–water partition coefficient (Wildman–Crippen LogP) is -0.378. The van der Waals surface area contributed by atoms with Crippen molar-refractivity contribution in [3.05, 3.63) is 33.3 Å². The summed E-state index contributed by atoms with van der Waals surface area (Å²) in [7, 11) is 0. The van der Waals surface area contributed by atoms with Crippen LogP contribution < -0.4 is 21.7 Å². The fraction of sp³-hybridized carbons (Fsp3) is 0.462. The normalized spacial score (nSPS) is 20.2. The Morgan fingerprint density at radius 2 is 2.12 bits per heavy atom. The van der Waals surface area contributed by atoms with E-state index in [1.54, 1.807) is 0 Å². The molecule has 1 aliphatic heterocycles. The highest BCUT2D eigenvalue weighted by Gasteiger charge is 2.18. The van der Waals surface area contributed by atoms with Gasteiger partial charge in [-0.05, 0) is 38.4 Å². The maximum atomic E-state index is 12.0. The van der Waals surface area contributed by atoms with E-state index in [-0.39, 0.29) is 5.69 Å². The number of fused-ring (bicyclic) bond motifs is 1. The second kappa shape index (κ2) is 4.37. The van der Waals surface area contributed by atoms with Gasteiger partial charge in [-0.2, -0.15) is 0 Å². The Bertz CT molecular complexity index is 600. The van der Waals surface area contributed by atoms with Crippen molar-refractivity contribution in [1.82, 2.24) is 14.9 Å². The van der Waals surface area contributed by atoms with Gasteiger partial charge in [0.05, 0.1) is 10.7 Å². The summed E-state index contributed by atoms with van der Waals surface area (Å²) in [6.07, 6.45) is 11.2. The summed E-state index contributed by atoms with van der Waals surface area (Å²) < 4.78 is 1.93. The molecule has 0 unspecified atom stereocenters. The molecule has 0 aromatic carbocycles. The second-order valence-electron chi connectivity index (χ2n) is 4.61.